The van der Waals surface area contributed by atoms with Crippen molar-refractivity contribution >= 4 is 16.9 Å². The molecule has 2 aromatic heterocycles. The number of H-pyrrole nitrogens is 1. The van der Waals surface area contributed by atoms with E-state index in [-0.39, 0.29) is 17.6 Å². The van der Waals surface area contributed by atoms with Gasteiger partial charge in [-0.3, -0.25) is 4.79 Å². The van der Waals surface area contributed by atoms with Crippen LogP contribution >= 0.6 is 0 Å². The van der Waals surface area contributed by atoms with Gasteiger partial charge in [0.25, 0.3) is 5.91 Å². The molecular formula is C19H18FN3O. The van der Waals surface area contributed by atoms with Crippen LogP contribution in [-0.2, 0) is 0 Å². The van der Waals surface area contributed by atoms with Gasteiger partial charge < -0.3 is 9.88 Å². The summed E-state index contributed by atoms with van der Waals surface area (Å²) in [6.45, 7) is 1.35. The van der Waals surface area contributed by atoms with Crippen molar-refractivity contribution in [2.75, 3.05) is 13.1 Å². The summed E-state index contributed by atoms with van der Waals surface area (Å²) in [6.07, 6.45) is 3.73. The predicted molar refractivity (Wildman–Crippen MR) is 90.4 cm³/mol. The molecule has 1 N–H and O–H groups in total. The molecule has 0 saturated carbocycles. The zero-order chi connectivity index (χ0) is 16.5. The number of rotatable bonds is 2. The number of piperidine rings is 1. The lowest BCUT2D eigenvalue weighted by molar-refractivity contribution is 0.0705. The quantitative estimate of drug-likeness (QED) is 0.781. The topological polar surface area (TPSA) is 49.0 Å². The Balaban J connectivity index is 1.56. The van der Waals surface area contributed by atoms with Crippen molar-refractivity contribution in [3.8, 4) is 0 Å². The summed E-state index contributed by atoms with van der Waals surface area (Å²) in [5.74, 6) is -0.227. The van der Waals surface area contributed by atoms with Gasteiger partial charge in [0.1, 0.15) is 11.5 Å². The molecule has 1 amide bonds. The Kier molecular flexibility index (Phi) is 3.76. The number of amides is 1. The molecule has 0 unspecified atom stereocenters. The van der Waals surface area contributed by atoms with E-state index in [4.69, 9.17) is 0 Å². The third-order valence-corrected chi connectivity index (χ3v) is 4.63. The molecule has 1 aromatic carbocycles. The fraction of sp³-hybridized carbons (Fsp3) is 0.263. The first-order chi connectivity index (χ1) is 11.7. The van der Waals surface area contributed by atoms with Crippen LogP contribution in [0.2, 0.25) is 0 Å². The summed E-state index contributed by atoms with van der Waals surface area (Å²) >= 11 is 0. The lowest BCUT2D eigenvalue weighted by Crippen LogP contribution is -2.39. The van der Waals surface area contributed by atoms with E-state index in [2.05, 4.69) is 16.0 Å². The molecule has 3 aromatic rings. The van der Waals surface area contributed by atoms with Crippen LogP contribution in [0, 0.1) is 5.82 Å². The second-order valence-corrected chi connectivity index (χ2v) is 6.27. The van der Waals surface area contributed by atoms with Gasteiger partial charge in [-0.15, -0.1) is 0 Å². The molecule has 1 atom stereocenters. The molecule has 3 heterocycles. The molecule has 24 heavy (non-hydrogen) atoms. The van der Waals surface area contributed by atoms with E-state index >= 15 is 0 Å². The number of hydrogen-bond donors (Lipinski definition) is 1. The molecule has 1 aliphatic rings. The molecule has 1 saturated heterocycles. The Hall–Kier alpha value is -2.69. The summed E-state index contributed by atoms with van der Waals surface area (Å²) in [6, 6.07) is 12.0. The van der Waals surface area contributed by atoms with Gasteiger partial charge in [0, 0.05) is 41.8 Å². The number of benzene rings is 1. The van der Waals surface area contributed by atoms with Crippen LogP contribution in [0.25, 0.3) is 11.0 Å². The van der Waals surface area contributed by atoms with E-state index in [1.807, 2.05) is 17.0 Å². The average molecular weight is 323 g/mol. The van der Waals surface area contributed by atoms with Crippen LogP contribution in [0.1, 0.15) is 34.8 Å². The number of nitrogens with zero attached hydrogens (tertiary/aromatic N) is 2. The fourth-order valence-corrected chi connectivity index (χ4v) is 3.42. The molecule has 0 aliphatic carbocycles. The molecule has 1 aliphatic heterocycles. The Labute approximate surface area is 139 Å². The first kappa shape index (κ1) is 14.9. The standard InChI is InChI=1S/C19H18FN3O/c20-16-7-1-4-14(10-16)19(24)23-9-3-6-15(12-23)17-11-13-5-2-8-21-18(13)22-17/h1-2,4-5,7-8,10-11,15H,3,6,9,12H2,(H,21,22)/t15-/m0/s1. The minimum atomic E-state index is -0.379. The van der Waals surface area contributed by atoms with Crippen molar-refractivity contribution in [2.24, 2.45) is 0 Å². The zero-order valence-corrected chi connectivity index (χ0v) is 13.2. The molecule has 0 radical (unpaired) electrons. The largest absolute Gasteiger partial charge is 0.343 e. The van der Waals surface area contributed by atoms with E-state index in [1.165, 1.54) is 12.1 Å². The molecular weight excluding hydrogens is 305 g/mol. The van der Waals surface area contributed by atoms with E-state index in [9.17, 15) is 9.18 Å². The van der Waals surface area contributed by atoms with Gasteiger partial charge in [-0.25, -0.2) is 9.37 Å². The number of likely N-dealkylation sites (tertiary alicyclic amines) is 1. The Morgan fingerprint density at radius 2 is 2.17 bits per heavy atom. The third-order valence-electron chi connectivity index (χ3n) is 4.63. The summed E-state index contributed by atoms with van der Waals surface area (Å²) < 4.78 is 13.4. The van der Waals surface area contributed by atoms with Crippen molar-refractivity contribution in [1.82, 2.24) is 14.9 Å². The number of hydrogen-bond acceptors (Lipinski definition) is 2. The van der Waals surface area contributed by atoms with Gasteiger partial charge >= 0.3 is 0 Å². The van der Waals surface area contributed by atoms with Gasteiger partial charge in [0.05, 0.1) is 0 Å². The highest BCUT2D eigenvalue weighted by Crippen LogP contribution is 2.29. The number of aromatic amines is 1. The summed E-state index contributed by atoms with van der Waals surface area (Å²) in [7, 11) is 0. The Morgan fingerprint density at radius 1 is 1.25 bits per heavy atom. The third kappa shape index (κ3) is 2.77. The van der Waals surface area contributed by atoms with Crippen LogP contribution in [0.4, 0.5) is 4.39 Å². The smallest absolute Gasteiger partial charge is 0.253 e. The Bertz CT molecular complexity index is 856. The van der Waals surface area contributed by atoms with E-state index < -0.39 is 0 Å². The molecule has 0 bridgehead atoms. The number of pyridine rings is 1. The van der Waals surface area contributed by atoms with Gasteiger partial charge in [-0.05, 0) is 49.2 Å². The number of fused-ring (bicyclic) bond motifs is 1. The first-order valence-electron chi connectivity index (χ1n) is 8.19. The average Bonchev–Trinajstić information content (AvgIpc) is 3.05. The highest BCUT2D eigenvalue weighted by molar-refractivity contribution is 5.94. The summed E-state index contributed by atoms with van der Waals surface area (Å²) in [4.78, 5) is 22.2. The summed E-state index contributed by atoms with van der Waals surface area (Å²) in [5.41, 5.74) is 2.40. The maximum absolute atomic E-state index is 13.4. The van der Waals surface area contributed by atoms with Crippen LogP contribution in [0.5, 0.6) is 0 Å². The van der Waals surface area contributed by atoms with Crippen molar-refractivity contribution in [3.63, 3.8) is 0 Å². The second kappa shape index (κ2) is 6.07. The summed E-state index contributed by atoms with van der Waals surface area (Å²) in [5, 5.41) is 1.08. The molecule has 0 spiro atoms. The highest BCUT2D eigenvalue weighted by Gasteiger charge is 2.26. The number of carbonyl (C=O) groups is 1. The van der Waals surface area contributed by atoms with Gasteiger partial charge in [0.15, 0.2) is 0 Å². The highest BCUT2D eigenvalue weighted by atomic mass is 19.1. The van der Waals surface area contributed by atoms with Gasteiger partial charge in [-0.1, -0.05) is 6.07 Å². The Morgan fingerprint density at radius 3 is 3.00 bits per heavy atom. The molecule has 5 heteroatoms. The molecule has 4 rings (SSSR count). The van der Waals surface area contributed by atoms with Gasteiger partial charge in [0.2, 0.25) is 0 Å². The monoisotopic (exact) mass is 323 g/mol. The van der Waals surface area contributed by atoms with Crippen LogP contribution in [0.15, 0.2) is 48.7 Å². The SMILES string of the molecule is O=C(c1cccc(F)c1)N1CCC[C@H](c2cc3cccnc3[nH]2)C1. The van der Waals surface area contributed by atoms with Crippen molar-refractivity contribution in [3.05, 3.63) is 65.7 Å². The van der Waals surface area contributed by atoms with E-state index in [0.717, 1.165) is 29.6 Å². The van der Waals surface area contributed by atoms with Crippen molar-refractivity contribution in [1.29, 1.82) is 0 Å². The van der Waals surface area contributed by atoms with Crippen molar-refractivity contribution < 1.29 is 9.18 Å². The minimum absolute atomic E-state index is 0.103. The molecule has 4 nitrogen and oxygen atoms in total. The van der Waals surface area contributed by atoms with Crippen LogP contribution in [0.3, 0.4) is 0 Å². The minimum Gasteiger partial charge on any atom is -0.343 e. The second-order valence-electron chi connectivity index (χ2n) is 6.27. The molecule has 122 valence electrons. The van der Waals surface area contributed by atoms with E-state index in [1.54, 1.807) is 18.3 Å². The van der Waals surface area contributed by atoms with Crippen molar-refractivity contribution in [2.45, 2.75) is 18.8 Å². The maximum atomic E-state index is 13.4. The number of carbonyl (C=O) groups excluding carboxylic acids is 1. The number of halogens is 1. The normalized spacial score (nSPS) is 18.0. The first-order valence-corrected chi connectivity index (χ1v) is 8.19. The fourth-order valence-electron chi connectivity index (χ4n) is 3.42. The molecule has 1 fully saturated rings. The number of aromatic nitrogens is 2. The van der Waals surface area contributed by atoms with Crippen LogP contribution < -0.4 is 0 Å². The van der Waals surface area contributed by atoms with Gasteiger partial charge in [-0.2, -0.15) is 0 Å². The lowest BCUT2D eigenvalue weighted by Gasteiger charge is -2.32. The predicted octanol–water partition coefficient (Wildman–Crippen LogP) is 3.72. The zero-order valence-electron chi connectivity index (χ0n) is 13.2. The maximum Gasteiger partial charge on any atom is 0.253 e. The number of nitrogens with one attached hydrogen (secondary N) is 1. The van der Waals surface area contributed by atoms with E-state index in [0.29, 0.717) is 18.7 Å². The van der Waals surface area contributed by atoms with Crippen LogP contribution in [-0.4, -0.2) is 33.9 Å². The lowest BCUT2D eigenvalue weighted by atomic mass is 9.94.